The van der Waals surface area contributed by atoms with Crippen molar-refractivity contribution in [1.29, 1.82) is 0 Å². The number of rotatable bonds is 0. The lowest BCUT2D eigenvalue weighted by Crippen LogP contribution is -2.47. The Morgan fingerprint density at radius 2 is 2.19 bits per heavy atom. The van der Waals surface area contributed by atoms with Crippen LogP contribution in [0, 0.1) is 0 Å². The van der Waals surface area contributed by atoms with Gasteiger partial charge in [0.05, 0.1) is 11.3 Å². The van der Waals surface area contributed by atoms with Gasteiger partial charge in [-0.15, -0.1) is 0 Å². The van der Waals surface area contributed by atoms with Crippen LogP contribution in [0.25, 0.3) is 0 Å². The summed E-state index contributed by atoms with van der Waals surface area (Å²) in [6, 6.07) is 5.73. The van der Waals surface area contributed by atoms with E-state index < -0.39 is 11.2 Å². The number of hydrogen-bond acceptors (Lipinski definition) is 2. The van der Waals surface area contributed by atoms with Crippen molar-refractivity contribution >= 4 is 22.8 Å². The average molecular weight is 236 g/mol. The number of hydrogen-bond donors (Lipinski definition) is 0. The fraction of sp³-hybridized carbons (Fsp3) is 0.364. The van der Waals surface area contributed by atoms with E-state index in [1.54, 1.807) is 7.05 Å². The summed E-state index contributed by atoms with van der Waals surface area (Å²) in [5.41, 5.74) is 2.70. The first-order valence-electron chi connectivity index (χ1n) is 5.29. The molecule has 0 fully saturated rings. The normalized spacial score (nSPS) is 23.3. The Kier molecular flexibility index (Phi) is 2.04. The summed E-state index contributed by atoms with van der Waals surface area (Å²) in [6.45, 7) is 0.758. The Balaban J connectivity index is 2.28. The molecule has 0 aromatic heterocycles. The smallest absolute Gasteiger partial charge is 0.268 e. The van der Waals surface area contributed by atoms with E-state index >= 15 is 0 Å². The molecule has 5 heteroatoms. The van der Waals surface area contributed by atoms with Crippen molar-refractivity contribution in [1.82, 2.24) is 4.31 Å². The summed E-state index contributed by atoms with van der Waals surface area (Å²) in [5.74, 6) is -0.145. The third-order valence-electron chi connectivity index (χ3n) is 3.12. The monoisotopic (exact) mass is 236 g/mol. The molecule has 0 radical (unpaired) electrons. The van der Waals surface area contributed by atoms with Crippen LogP contribution in [0.1, 0.15) is 22.3 Å². The molecule has 3 rings (SSSR count). The molecule has 4 nitrogen and oxygen atoms in total. The fourth-order valence-corrected chi connectivity index (χ4v) is 3.52. The number of amides is 1. The molecule has 2 aliphatic heterocycles. The minimum Gasteiger partial charge on any atom is -0.273 e. The van der Waals surface area contributed by atoms with Gasteiger partial charge in [-0.3, -0.25) is 9.10 Å². The van der Waals surface area contributed by atoms with Crippen LogP contribution < -0.4 is 4.31 Å². The maximum atomic E-state index is 12.1. The summed E-state index contributed by atoms with van der Waals surface area (Å²) < 4.78 is 15.2. The molecule has 0 aliphatic carbocycles. The molecule has 1 aromatic rings. The third kappa shape index (κ3) is 1.15. The van der Waals surface area contributed by atoms with Crippen LogP contribution in [0.15, 0.2) is 18.2 Å². The van der Waals surface area contributed by atoms with Crippen LogP contribution in [0.4, 0.5) is 5.69 Å². The highest BCUT2D eigenvalue weighted by Gasteiger charge is 2.36. The SMILES string of the molecule is CN1C(=O)c2cccc3c2N(CCC3)S1=O. The number of carbonyl (C=O) groups is 1. The number of nitrogens with zero attached hydrogens (tertiary/aromatic N) is 2. The lowest BCUT2D eigenvalue weighted by atomic mass is 9.99. The molecule has 2 heterocycles. The van der Waals surface area contributed by atoms with Gasteiger partial charge in [-0.05, 0) is 24.5 Å². The van der Waals surface area contributed by atoms with E-state index in [1.165, 1.54) is 4.31 Å². The maximum absolute atomic E-state index is 12.1. The van der Waals surface area contributed by atoms with Crippen LogP contribution >= 0.6 is 0 Å². The van der Waals surface area contributed by atoms with Crippen LogP contribution in [0.5, 0.6) is 0 Å². The molecule has 16 heavy (non-hydrogen) atoms. The molecule has 0 bridgehead atoms. The number of anilines is 1. The second-order valence-corrected chi connectivity index (χ2v) is 5.50. The first-order valence-corrected chi connectivity index (χ1v) is 6.36. The Bertz CT molecular complexity index is 501. The topological polar surface area (TPSA) is 40.6 Å². The van der Waals surface area contributed by atoms with Crippen LogP contribution in [0.2, 0.25) is 0 Å². The molecule has 84 valence electrons. The van der Waals surface area contributed by atoms with Gasteiger partial charge < -0.3 is 0 Å². The van der Waals surface area contributed by atoms with Crippen molar-refractivity contribution in [2.75, 3.05) is 17.9 Å². The van der Waals surface area contributed by atoms with Crippen molar-refractivity contribution in [3.63, 3.8) is 0 Å². The number of benzene rings is 1. The van der Waals surface area contributed by atoms with E-state index in [4.69, 9.17) is 0 Å². The average Bonchev–Trinajstić information content (AvgIpc) is 2.33. The highest BCUT2D eigenvalue weighted by Crippen LogP contribution is 2.36. The molecule has 2 aliphatic rings. The molecule has 1 unspecified atom stereocenters. The lowest BCUT2D eigenvalue weighted by molar-refractivity contribution is 0.0884. The molecule has 0 spiro atoms. The second-order valence-electron chi connectivity index (χ2n) is 4.05. The Labute approximate surface area is 96.6 Å². The number of aryl methyl sites for hydroxylation is 1. The highest BCUT2D eigenvalue weighted by molar-refractivity contribution is 7.84. The van der Waals surface area contributed by atoms with E-state index in [0.29, 0.717) is 5.56 Å². The summed E-state index contributed by atoms with van der Waals surface area (Å²) in [5, 5.41) is 0. The van der Waals surface area contributed by atoms with E-state index in [1.807, 2.05) is 22.5 Å². The van der Waals surface area contributed by atoms with E-state index in [-0.39, 0.29) is 5.91 Å². The maximum Gasteiger partial charge on any atom is 0.268 e. The van der Waals surface area contributed by atoms with Gasteiger partial charge in [0.25, 0.3) is 5.91 Å². The van der Waals surface area contributed by atoms with Crippen molar-refractivity contribution in [2.24, 2.45) is 0 Å². The summed E-state index contributed by atoms with van der Waals surface area (Å²) in [7, 11) is 1.59. The quantitative estimate of drug-likeness (QED) is 0.677. The number of para-hydroxylation sites is 1. The van der Waals surface area contributed by atoms with Gasteiger partial charge in [0.1, 0.15) is 0 Å². The largest absolute Gasteiger partial charge is 0.273 e. The standard InChI is InChI=1S/C11H12N2O2S/c1-12-11(14)9-6-2-4-8-5-3-7-13(10(8)9)16(12)15/h2,4,6H,3,5,7H2,1H3. The van der Waals surface area contributed by atoms with Crippen molar-refractivity contribution in [2.45, 2.75) is 12.8 Å². The van der Waals surface area contributed by atoms with E-state index in [9.17, 15) is 9.00 Å². The first-order chi connectivity index (χ1) is 7.70. The van der Waals surface area contributed by atoms with Gasteiger partial charge in [0.15, 0.2) is 0 Å². The van der Waals surface area contributed by atoms with Crippen LogP contribution in [-0.2, 0) is 17.6 Å². The molecule has 1 aromatic carbocycles. The van der Waals surface area contributed by atoms with Gasteiger partial charge in [-0.25, -0.2) is 8.51 Å². The molecule has 0 saturated heterocycles. The van der Waals surface area contributed by atoms with E-state index in [0.717, 1.165) is 30.6 Å². The van der Waals surface area contributed by atoms with Gasteiger partial charge in [0.2, 0.25) is 11.2 Å². The third-order valence-corrected chi connectivity index (χ3v) is 4.49. The Morgan fingerprint density at radius 1 is 1.38 bits per heavy atom. The highest BCUT2D eigenvalue weighted by atomic mass is 32.2. The zero-order chi connectivity index (χ0) is 11.3. The summed E-state index contributed by atoms with van der Waals surface area (Å²) >= 11 is -1.36. The minimum absolute atomic E-state index is 0.145. The van der Waals surface area contributed by atoms with Crippen LogP contribution in [0.3, 0.4) is 0 Å². The molecule has 1 amide bonds. The van der Waals surface area contributed by atoms with Gasteiger partial charge in [-0.1, -0.05) is 12.1 Å². The van der Waals surface area contributed by atoms with Crippen molar-refractivity contribution in [3.05, 3.63) is 29.3 Å². The molecule has 1 atom stereocenters. The first kappa shape index (κ1) is 9.84. The predicted molar refractivity (Wildman–Crippen MR) is 62.3 cm³/mol. The Morgan fingerprint density at radius 3 is 3.00 bits per heavy atom. The molecule has 0 N–H and O–H groups in total. The predicted octanol–water partition coefficient (Wildman–Crippen LogP) is 1.10. The van der Waals surface area contributed by atoms with E-state index in [2.05, 4.69) is 0 Å². The zero-order valence-corrected chi connectivity index (χ0v) is 9.79. The van der Waals surface area contributed by atoms with Gasteiger partial charge in [-0.2, -0.15) is 0 Å². The zero-order valence-electron chi connectivity index (χ0n) is 8.97. The van der Waals surface area contributed by atoms with Crippen molar-refractivity contribution in [3.8, 4) is 0 Å². The fourth-order valence-electron chi connectivity index (χ4n) is 2.33. The van der Waals surface area contributed by atoms with Crippen molar-refractivity contribution < 1.29 is 9.00 Å². The molecular weight excluding hydrogens is 224 g/mol. The lowest BCUT2D eigenvalue weighted by Gasteiger charge is -2.38. The summed E-state index contributed by atoms with van der Waals surface area (Å²) in [4.78, 5) is 12.0. The van der Waals surface area contributed by atoms with Gasteiger partial charge >= 0.3 is 0 Å². The summed E-state index contributed by atoms with van der Waals surface area (Å²) in [6.07, 6.45) is 1.96. The molecular formula is C11H12N2O2S. The van der Waals surface area contributed by atoms with Gasteiger partial charge in [0, 0.05) is 13.6 Å². The molecule has 0 saturated carbocycles. The van der Waals surface area contributed by atoms with Crippen LogP contribution in [-0.4, -0.2) is 28.0 Å². The number of carbonyl (C=O) groups excluding carboxylic acids is 1. The second kappa shape index (κ2) is 3.31. The minimum atomic E-state index is -1.36. The Hall–Kier alpha value is -1.36.